The van der Waals surface area contributed by atoms with E-state index >= 15 is 0 Å². The number of hydrogen-bond acceptors (Lipinski definition) is 3. The van der Waals surface area contributed by atoms with Crippen LogP contribution in [0.4, 0.5) is 0 Å². The fraction of sp³-hybridized carbons (Fsp3) is 0.933. The maximum absolute atomic E-state index is 12.1. The smallest absolute Gasteiger partial charge is 0.237 e. The Morgan fingerprint density at radius 1 is 1.26 bits per heavy atom. The summed E-state index contributed by atoms with van der Waals surface area (Å²) in [5.74, 6) is 0.151. The van der Waals surface area contributed by atoms with Crippen molar-refractivity contribution in [2.75, 3.05) is 13.1 Å². The third kappa shape index (κ3) is 4.18. The molecule has 1 aliphatic carbocycles. The van der Waals surface area contributed by atoms with Crippen molar-refractivity contribution in [3.63, 3.8) is 0 Å². The molecule has 1 saturated carbocycles. The van der Waals surface area contributed by atoms with E-state index < -0.39 is 0 Å². The summed E-state index contributed by atoms with van der Waals surface area (Å²) in [4.78, 5) is 14.7. The molecule has 2 rings (SSSR count). The Bertz CT molecular complexity index is 300. The molecule has 0 aromatic heterocycles. The van der Waals surface area contributed by atoms with Crippen LogP contribution in [0.1, 0.15) is 52.9 Å². The third-order valence-corrected chi connectivity index (χ3v) is 4.49. The van der Waals surface area contributed by atoms with E-state index in [4.69, 9.17) is 0 Å². The summed E-state index contributed by atoms with van der Waals surface area (Å²) >= 11 is 0. The van der Waals surface area contributed by atoms with E-state index in [1.165, 1.54) is 25.8 Å². The lowest BCUT2D eigenvalue weighted by Gasteiger charge is -2.22. The minimum atomic E-state index is -0.0789. The Labute approximate surface area is 117 Å². The zero-order valence-corrected chi connectivity index (χ0v) is 12.6. The zero-order valence-electron chi connectivity index (χ0n) is 12.6. The van der Waals surface area contributed by atoms with Gasteiger partial charge in [-0.25, -0.2) is 0 Å². The van der Waals surface area contributed by atoms with Gasteiger partial charge in [-0.3, -0.25) is 9.69 Å². The van der Waals surface area contributed by atoms with Crippen molar-refractivity contribution in [2.45, 2.75) is 77.0 Å². The Morgan fingerprint density at radius 2 is 1.95 bits per heavy atom. The highest BCUT2D eigenvalue weighted by molar-refractivity contribution is 5.81. The fourth-order valence-electron chi connectivity index (χ4n) is 2.94. The van der Waals surface area contributed by atoms with Crippen LogP contribution in [0, 0.1) is 0 Å². The van der Waals surface area contributed by atoms with Crippen molar-refractivity contribution in [1.82, 2.24) is 15.5 Å². The molecule has 19 heavy (non-hydrogen) atoms. The van der Waals surface area contributed by atoms with Crippen LogP contribution < -0.4 is 10.6 Å². The van der Waals surface area contributed by atoms with Crippen molar-refractivity contribution >= 4 is 5.91 Å². The molecule has 0 aromatic carbocycles. The summed E-state index contributed by atoms with van der Waals surface area (Å²) in [5, 5.41) is 6.61. The summed E-state index contributed by atoms with van der Waals surface area (Å²) in [7, 11) is 0. The molecule has 1 aliphatic heterocycles. The maximum Gasteiger partial charge on any atom is 0.237 e. The highest BCUT2D eigenvalue weighted by Crippen LogP contribution is 2.29. The van der Waals surface area contributed by atoms with Crippen molar-refractivity contribution < 1.29 is 4.79 Å². The second-order valence-corrected chi connectivity index (χ2v) is 6.12. The molecule has 0 spiro atoms. The summed E-state index contributed by atoms with van der Waals surface area (Å²) < 4.78 is 0. The normalized spacial score (nSPS) is 25.8. The SMILES string of the molecule is CCC(CC)NC(=O)C(C)NC1CCN(C2CC2)C1. The van der Waals surface area contributed by atoms with Crippen LogP contribution in [0.15, 0.2) is 0 Å². The first kappa shape index (κ1) is 14.8. The predicted octanol–water partition coefficient (Wildman–Crippen LogP) is 1.51. The number of amides is 1. The topological polar surface area (TPSA) is 44.4 Å². The average Bonchev–Trinajstić information content (AvgIpc) is 3.16. The second-order valence-electron chi connectivity index (χ2n) is 6.12. The predicted molar refractivity (Wildman–Crippen MR) is 78.1 cm³/mol. The minimum Gasteiger partial charge on any atom is -0.352 e. The Kier molecular flexibility index (Phi) is 5.22. The number of hydrogen-bond donors (Lipinski definition) is 2. The molecule has 0 radical (unpaired) electrons. The highest BCUT2D eigenvalue weighted by atomic mass is 16.2. The van der Waals surface area contributed by atoms with E-state index in [2.05, 4.69) is 29.4 Å². The number of carbonyl (C=O) groups is 1. The van der Waals surface area contributed by atoms with Crippen molar-refractivity contribution in [3.8, 4) is 0 Å². The van der Waals surface area contributed by atoms with Gasteiger partial charge in [0.05, 0.1) is 6.04 Å². The van der Waals surface area contributed by atoms with Gasteiger partial charge in [0, 0.05) is 31.2 Å². The molecule has 4 heteroatoms. The molecule has 2 aliphatic rings. The van der Waals surface area contributed by atoms with Crippen molar-refractivity contribution in [1.29, 1.82) is 0 Å². The van der Waals surface area contributed by atoms with Crippen LogP contribution in [0.25, 0.3) is 0 Å². The van der Waals surface area contributed by atoms with E-state index in [0.717, 1.165) is 25.4 Å². The van der Waals surface area contributed by atoms with Crippen molar-refractivity contribution in [3.05, 3.63) is 0 Å². The van der Waals surface area contributed by atoms with Gasteiger partial charge in [0.1, 0.15) is 0 Å². The first-order valence-corrected chi connectivity index (χ1v) is 7.94. The maximum atomic E-state index is 12.1. The van der Waals surface area contributed by atoms with Gasteiger partial charge in [-0.1, -0.05) is 13.8 Å². The lowest BCUT2D eigenvalue weighted by Crippen LogP contribution is -2.49. The molecule has 1 amide bonds. The molecule has 4 nitrogen and oxygen atoms in total. The fourth-order valence-corrected chi connectivity index (χ4v) is 2.94. The van der Waals surface area contributed by atoms with E-state index in [0.29, 0.717) is 12.1 Å². The van der Waals surface area contributed by atoms with Crippen LogP contribution in [-0.2, 0) is 4.79 Å². The molecule has 2 atom stereocenters. The average molecular weight is 267 g/mol. The van der Waals surface area contributed by atoms with E-state index in [1.54, 1.807) is 0 Å². The molecule has 110 valence electrons. The Morgan fingerprint density at radius 3 is 2.53 bits per heavy atom. The molecule has 2 unspecified atom stereocenters. The summed E-state index contributed by atoms with van der Waals surface area (Å²) in [6.07, 6.45) is 5.94. The third-order valence-electron chi connectivity index (χ3n) is 4.49. The highest BCUT2D eigenvalue weighted by Gasteiger charge is 2.35. The lowest BCUT2D eigenvalue weighted by atomic mass is 10.1. The molecule has 1 heterocycles. The Balaban J connectivity index is 1.71. The van der Waals surface area contributed by atoms with Gasteiger partial charge in [0.2, 0.25) is 5.91 Å². The first-order chi connectivity index (χ1) is 9.13. The van der Waals surface area contributed by atoms with Crippen LogP contribution in [0.2, 0.25) is 0 Å². The standard InChI is InChI=1S/C15H29N3O/c1-4-12(5-2)17-15(19)11(3)16-13-8-9-18(10-13)14-6-7-14/h11-14,16H,4-10H2,1-3H3,(H,17,19). The number of carbonyl (C=O) groups excluding carboxylic acids is 1. The van der Waals surface area contributed by atoms with Gasteiger partial charge in [0.25, 0.3) is 0 Å². The largest absolute Gasteiger partial charge is 0.352 e. The van der Waals surface area contributed by atoms with Gasteiger partial charge in [-0.15, -0.1) is 0 Å². The molecular formula is C15H29N3O. The summed E-state index contributed by atoms with van der Waals surface area (Å²) in [6, 6.07) is 1.58. The molecular weight excluding hydrogens is 238 g/mol. The molecule has 1 saturated heterocycles. The summed E-state index contributed by atoms with van der Waals surface area (Å²) in [5.41, 5.74) is 0. The Hall–Kier alpha value is -0.610. The monoisotopic (exact) mass is 267 g/mol. The molecule has 0 aromatic rings. The van der Waals surface area contributed by atoms with E-state index in [-0.39, 0.29) is 11.9 Å². The summed E-state index contributed by atoms with van der Waals surface area (Å²) in [6.45, 7) is 8.54. The molecule has 2 N–H and O–H groups in total. The quantitative estimate of drug-likeness (QED) is 0.735. The second kappa shape index (κ2) is 6.71. The molecule has 0 bridgehead atoms. The minimum absolute atomic E-state index is 0.0789. The van der Waals surface area contributed by atoms with Gasteiger partial charge in [-0.2, -0.15) is 0 Å². The van der Waals surface area contributed by atoms with Crippen LogP contribution in [0.3, 0.4) is 0 Å². The van der Waals surface area contributed by atoms with Crippen LogP contribution in [0.5, 0.6) is 0 Å². The van der Waals surface area contributed by atoms with E-state index in [9.17, 15) is 4.79 Å². The van der Waals surface area contributed by atoms with Gasteiger partial charge >= 0.3 is 0 Å². The number of rotatable bonds is 7. The van der Waals surface area contributed by atoms with Gasteiger partial charge in [-0.05, 0) is 39.0 Å². The number of nitrogens with one attached hydrogen (secondary N) is 2. The zero-order chi connectivity index (χ0) is 13.8. The van der Waals surface area contributed by atoms with Gasteiger partial charge in [0.15, 0.2) is 0 Å². The van der Waals surface area contributed by atoms with Crippen LogP contribution >= 0.6 is 0 Å². The van der Waals surface area contributed by atoms with E-state index in [1.807, 2.05) is 6.92 Å². The molecule has 2 fully saturated rings. The number of likely N-dealkylation sites (tertiary alicyclic amines) is 1. The lowest BCUT2D eigenvalue weighted by molar-refractivity contribution is -0.123. The van der Waals surface area contributed by atoms with Crippen molar-refractivity contribution in [2.24, 2.45) is 0 Å². The first-order valence-electron chi connectivity index (χ1n) is 7.94. The van der Waals surface area contributed by atoms with Gasteiger partial charge < -0.3 is 10.6 Å². The van der Waals surface area contributed by atoms with Crippen LogP contribution in [-0.4, -0.2) is 48.1 Å². The number of nitrogens with zero attached hydrogens (tertiary/aromatic N) is 1.